The van der Waals surface area contributed by atoms with E-state index in [1.165, 1.54) is 0 Å². The average Bonchev–Trinajstić information content (AvgIpc) is 2.77. The van der Waals surface area contributed by atoms with Crippen molar-refractivity contribution in [3.05, 3.63) is 41.5 Å². The van der Waals surface area contributed by atoms with Crippen molar-refractivity contribution in [3.63, 3.8) is 0 Å². The van der Waals surface area contributed by atoms with Gasteiger partial charge in [0.1, 0.15) is 5.25 Å². The number of rotatable bonds is 3. The Balaban J connectivity index is 2.53. The first kappa shape index (κ1) is 20.1. The van der Waals surface area contributed by atoms with E-state index in [1.807, 2.05) is 0 Å². The third kappa shape index (κ3) is 4.11. The van der Waals surface area contributed by atoms with Gasteiger partial charge in [0.2, 0.25) is 10.0 Å². The molecule has 0 aromatic heterocycles. The van der Waals surface area contributed by atoms with Crippen LogP contribution in [0.1, 0.15) is 17.5 Å². The summed E-state index contributed by atoms with van der Waals surface area (Å²) in [7, 11) is -4.35. The molecule has 0 amide bonds. The van der Waals surface area contributed by atoms with E-state index in [0.29, 0.717) is 22.5 Å². The molecule has 0 spiro atoms. The number of hydrogen-bond donors (Lipinski definition) is 1. The fourth-order valence-corrected chi connectivity index (χ4v) is 4.19. The number of alkyl halides is 6. The van der Waals surface area contributed by atoms with Crippen LogP contribution in [0.15, 0.2) is 30.4 Å². The summed E-state index contributed by atoms with van der Waals surface area (Å²) in [5, 5.41) is 7.17. The first-order valence-corrected chi connectivity index (χ1v) is 8.45. The molecule has 1 fully saturated rings. The molecule has 1 heterocycles. The van der Waals surface area contributed by atoms with E-state index in [0.717, 1.165) is 6.08 Å². The minimum absolute atomic E-state index is 0.103. The Morgan fingerprint density at radius 3 is 2.00 bits per heavy atom. The van der Waals surface area contributed by atoms with Crippen LogP contribution >= 0.6 is 0 Å². The molecule has 1 aromatic carbocycles. The lowest BCUT2D eigenvalue weighted by Gasteiger charge is -2.21. The molecule has 1 unspecified atom stereocenters. The molecule has 0 aliphatic carbocycles. The van der Waals surface area contributed by atoms with Crippen molar-refractivity contribution in [1.82, 2.24) is 0 Å². The highest BCUT2D eigenvalue weighted by Gasteiger charge is 2.41. The maximum absolute atomic E-state index is 12.9. The van der Waals surface area contributed by atoms with Gasteiger partial charge in [0, 0.05) is 12.6 Å². The number of carboxylic acid groups (broad SMARTS) is 1. The van der Waals surface area contributed by atoms with Gasteiger partial charge in [0.05, 0.1) is 16.8 Å². The molecule has 144 valence electrons. The largest absolute Gasteiger partial charge is 0.478 e. The Kier molecular flexibility index (Phi) is 5.01. The van der Waals surface area contributed by atoms with E-state index in [2.05, 4.69) is 0 Å². The second-order valence-corrected chi connectivity index (χ2v) is 7.48. The SMILES string of the molecule is O=C(O)C=CC1CCN(c2cc(C(F)(F)F)cc(C(F)(F)F)c2)S1(=O)=O. The molecule has 26 heavy (non-hydrogen) atoms. The van der Waals surface area contributed by atoms with Crippen molar-refractivity contribution in [2.24, 2.45) is 0 Å². The minimum atomic E-state index is -5.11. The van der Waals surface area contributed by atoms with Crippen molar-refractivity contribution in [3.8, 4) is 0 Å². The molecule has 1 atom stereocenters. The second-order valence-electron chi connectivity index (χ2n) is 5.41. The molecule has 1 aliphatic rings. The van der Waals surface area contributed by atoms with E-state index in [-0.39, 0.29) is 19.0 Å². The van der Waals surface area contributed by atoms with Gasteiger partial charge in [-0.25, -0.2) is 13.2 Å². The van der Waals surface area contributed by atoms with Crippen LogP contribution in [0.5, 0.6) is 0 Å². The zero-order valence-corrected chi connectivity index (χ0v) is 13.5. The topological polar surface area (TPSA) is 74.7 Å². The van der Waals surface area contributed by atoms with Crippen LogP contribution in [0.2, 0.25) is 0 Å². The monoisotopic (exact) mass is 403 g/mol. The molecular formula is C14H11F6NO4S. The second kappa shape index (κ2) is 6.49. The van der Waals surface area contributed by atoms with E-state index in [9.17, 15) is 39.6 Å². The van der Waals surface area contributed by atoms with Gasteiger partial charge in [-0.15, -0.1) is 0 Å². The highest BCUT2D eigenvalue weighted by Crippen LogP contribution is 2.40. The molecule has 0 bridgehead atoms. The Morgan fingerprint density at radius 1 is 1.08 bits per heavy atom. The van der Waals surface area contributed by atoms with Crippen molar-refractivity contribution < 1.29 is 44.7 Å². The van der Waals surface area contributed by atoms with Gasteiger partial charge in [-0.05, 0) is 24.6 Å². The standard InChI is InChI=1S/C14H11F6NO4S/c15-13(16,17)8-5-9(14(18,19)20)7-10(6-8)21-4-3-11(26(21,24)25)1-2-12(22)23/h1-2,5-7,11H,3-4H2,(H,22,23). The molecular weight excluding hydrogens is 392 g/mol. The summed E-state index contributed by atoms with van der Waals surface area (Å²) in [5.74, 6) is -1.43. The zero-order valence-electron chi connectivity index (χ0n) is 12.7. The van der Waals surface area contributed by atoms with Crippen LogP contribution in [0.25, 0.3) is 0 Å². The number of carbonyl (C=O) groups is 1. The lowest BCUT2D eigenvalue weighted by atomic mass is 10.1. The third-order valence-corrected chi connectivity index (χ3v) is 5.79. The van der Waals surface area contributed by atoms with E-state index in [1.54, 1.807) is 0 Å². The zero-order chi connectivity index (χ0) is 19.9. The molecule has 2 rings (SSSR count). The first-order chi connectivity index (χ1) is 11.7. The van der Waals surface area contributed by atoms with Gasteiger partial charge in [0.25, 0.3) is 0 Å². The fraction of sp³-hybridized carbons (Fsp3) is 0.357. The summed E-state index contributed by atoms with van der Waals surface area (Å²) in [4.78, 5) is 10.5. The molecule has 1 aliphatic heterocycles. The summed E-state index contributed by atoms with van der Waals surface area (Å²) >= 11 is 0. The van der Waals surface area contributed by atoms with E-state index < -0.39 is 50.4 Å². The smallest absolute Gasteiger partial charge is 0.416 e. The van der Waals surface area contributed by atoms with Crippen LogP contribution in [0, 0.1) is 0 Å². The number of hydrogen-bond acceptors (Lipinski definition) is 3. The van der Waals surface area contributed by atoms with Crippen LogP contribution < -0.4 is 4.31 Å². The normalized spacial score (nSPS) is 20.7. The number of halogens is 6. The molecule has 1 N–H and O–H groups in total. The summed E-state index contributed by atoms with van der Waals surface area (Å²) in [6, 6.07) is 0.528. The molecule has 0 radical (unpaired) electrons. The maximum atomic E-state index is 12.9. The quantitative estimate of drug-likeness (QED) is 0.621. The number of carboxylic acids is 1. The summed E-state index contributed by atoms with van der Waals surface area (Å²) in [5.41, 5.74) is -4.05. The predicted octanol–water partition coefficient (Wildman–Crippen LogP) is 3.27. The van der Waals surface area contributed by atoms with Crippen molar-refractivity contribution in [1.29, 1.82) is 0 Å². The minimum Gasteiger partial charge on any atom is -0.478 e. The van der Waals surface area contributed by atoms with Gasteiger partial charge in [-0.3, -0.25) is 4.31 Å². The van der Waals surface area contributed by atoms with E-state index >= 15 is 0 Å². The molecule has 0 saturated carbocycles. The number of aliphatic carboxylic acids is 1. The Labute approximate surface area is 143 Å². The highest BCUT2D eigenvalue weighted by molar-refractivity contribution is 7.93. The molecule has 1 aromatic rings. The van der Waals surface area contributed by atoms with Crippen LogP contribution in [0.4, 0.5) is 32.0 Å². The first-order valence-electron chi connectivity index (χ1n) is 6.95. The van der Waals surface area contributed by atoms with Crippen molar-refractivity contribution in [2.75, 3.05) is 10.8 Å². The molecule has 1 saturated heterocycles. The molecule has 5 nitrogen and oxygen atoms in total. The van der Waals surface area contributed by atoms with E-state index in [4.69, 9.17) is 5.11 Å². The van der Waals surface area contributed by atoms with Crippen LogP contribution in [0.3, 0.4) is 0 Å². The summed E-state index contributed by atoms with van der Waals surface area (Å²) < 4.78 is 102. The Hall–Kier alpha value is -2.24. The highest BCUT2D eigenvalue weighted by atomic mass is 32.2. The van der Waals surface area contributed by atoms with Gasteiger partial charge < -0.3 is 5.11 Å². The van der Waals surface area contributed by atoms with Gasteiger partial charge in [0.15, 0.2) is 0 Å². The lowest BCUT2D eigenvalue weighted by molar-refractivity contribution is -0.143. The maximum Gasteiger partial charge on any atom is 0.416 e. The number of nitrogens with zero attached hydrogens (tertiary/aromatic N) is 1. The Morgan fingerprint density at radius 2 is 1.58 bits per heavy atom. The Bertz CT molecular complexity index is 812. The van der Waals surface area contributed by atoms with Gasteiger partial charge >= 0.3 is 18.3 Å². The van der Waals surface area contributed by atoms with Gasteiger partial charge in [-0.2, -0.15) is 26.3 Å². The number of benzene rings is 1. The lowest BCUT2D eigenvalue weighted by Crippen LogP contribution is -2.29. The van der Waals surface area contributed by atoms with Crippen LogP contribution in [-0.4, -0.2) is 31.3 Å². The average molecular weight is 403 g/mol. The fourth-order valence-electron chi connectivity index (χ4n) is 2.43. The summed E-state index contributed by atoms with van der Waals surface area (Å²) in [6.07, 6.45) is -9.01. The van der Waals surface area contributed by atoms with Crippen LogP contribution in [-0.2, 0) is 27.2 Å². The van der Waals surface area contributed by atoms with Gasteiger partial charge in [-0.1, -0.05) is 6.08 Å². The third-order valence-electron chi connectivity index (χ3n) is 3.62. The summed E-state index contributed by atoms with van der Waals surface area (Å²) in [6.45, 7) is -0.379. The van der Waals surface area contributed by atoms with Crippen molar-refractivity contribution in [2.45, 2.75) is 24.0 Å². The number of anilines is 1. The molecule has 12 heteroatoms. The van der Waals surface area contributed by atoms with Crippen molar-refractivity contribution >= 4 is 21.7 Å². The number of sulfonamides is 1. The predicted molar refractivity (Wildman–Crippen MR) is 77.9 cm³/mol.